The number of carboxylic acid groups (broad SMARTS) is 1. The Kier molecular flexibility index (Phi) is 3.11. The number of aromatic nitrogens is 1. The number of fused-ring (bicyclic) bond motifs is 1. The van der Waals surface area contributed by atoms with E-state index in [1.807, 2.05) is 35.9 Å². The van der Waals surface area contributed by atoms with Crippen molar-refractivity contribution in [3.63, 3.8) is 0 Å². The highest BCUT2D eigenvalue weighted by atomic mass is 35.5. The predicted molar refractivity (Wildman–Crippen MR) is 68.7 cm³/mol. The molecule has 1 aromatic heterocycles. The Morgan fingerprint density at radius 3 is 2.82 bits per heavy atom. The van der Waals surface area contributed by atoms with Gasteiger partial charge < -0.3 is 9.67 Å². The van der Waals surface area contributed by atoms with Crippen molar-refractivity contribution in [2.24, 2.45) is 0 Å². The third-order valence-electron chi connectivity index (χ3n) is 3.05. The summed E-state index contributed by atoms with van der Waals surface area (Å²) in [5, 5.41) is 10.7. The fourth-order valence-corrected chi connectivity index (χ4v) is 2.21. The van der Waals surface area contributed by atoms with Crippen molar-refractivity contribution in [2.45, 2.75) is 26.3 Å². The molecule has 0 spiro atoms. The Labute approximate surface area is 105 Å². The van der Waals surface area contributed by atoms with Crippen LogP contribution in [0.3, 0.4) is 0 Å². The second kappa shape index (κ2) is 4.41. The van der Waals surface area contributed by atoms with Crippen molar-refractivity contribution in [1.29, 1.82) is 0 Å². The summed E-state index contributed by atoms with van der Waals surface area (Å²) in [7, 11) is 0. The van der Waals surface area contributed by atoms with Crippen molar-refractivity contribution >= 4 is 28.5 Å². The molecule has 1 unspecified atom stereocenters. The van der Waals surface area contributed by atoms with Gasteiger partial charge in [0.25, 0.3) is 0 Å². The van der Waals surface area contributed by atoms with Gasteiger partial charge in [0.05, 0.1) is 5.92 Å². The number of carbonyl (C=O) groups is 1. The monoisotopic (exact) mass is 251 g/mol. The molecule has 0 amide bonds. The van der Waals surface area contributed by atoms with E-state index < -0.39 is 11.9 Å². The number of aliphatic carboxylic acids is 1. The van der Waals surface area contributed by atoms with Crippen LogP contribution in [0, 0.1) is 0 Å². The van der Waals surface area contributed by atoms with E-state index in [1.165, 1.54) is 0 Å². The zero-order valence-electron chi connectivity index (χ0n) is 9.77. The van der Waals surface area contributed by atoms with Crippen LogP contribution in [0.4, 0.5) is 0 Å². The zero-order chi connectivity index (χ0) is 12.6. The Morgan fingerprint density at radius 2 is 2.24 bits per heavy atom. The number of halogens is 1. The number of hydrogen-bond donors (Lipinski definition) is 1. The molecule has 4 heteroatoms. The zero-order valence-corrected chi connectivity index (χ0v) is 10.5. The van der Waals surface area contributed by atoms with Gasteiger partial charge in [0.1, 0.15) is 0 Å². The van der Waals surface area contributed by atoms with E-state index >= 15 is 0 Å². The third kappa shape index (κ3) is 2.03. The molecule has 0 aliphatic rings. The van der Waals surface area contributed by atoms with E-state index in [9.17, 15) is 4.79 Å². The molecule has 0 radical (unpaired) electrons. The van der Waals surface area contributed by atoms with Gasteiger partial charge in [0.15, 0.2) is 0 Å². The molecule has 0 fully saturated rings. The van der Waals surface area contributed by atoms with Gasteiger partial charge in [-0.15, -0.1) is 0 Å². The summed E-state index contributed by atoms with van der Waals surface area (Å²) in [4.78, 5) is 11.1. The van der Waals surface area contributed by atoms with E-state index in [1.54, 1.807) is 6.92 Å². The number of benzene rings is 1. The molecular weight excluding hydrogens is 238 g/mol. The van der Waals surface area contributed by atoms with Crippen LogP contribution >= 0.6 is 11.6 Å². The maximum absolute atomic E-state index is 11.1. The van der Waals surface area contributed by atoms with E-state index in [0.717, 1.165) is 23.0 Å². The fraction of sp³-hybridized carbons (Fsp3) is 0.308. The molecule has 2 aromatic rings. The predicted octanol–water partition coefficient (Wildman–Crippen LogP) is 3.50. The van der Waals surface area contributed by atoms with Crippen LogP contribution in [0.15, 0.2) is 24.4 Å². The summed E-state index contributed by atoms with van der Waals surface area (Å²) >= 11 is 5.97. The highest BCUT2D eigenvalue weighted by Gasteiger charge is 2.19. The highest BCUT2D eigenvalue weighted by molar-refractivity contribution is 6.31. The summed E-state index contributed by atoms with van der Waals surface area (Å²) in [6.45, 7) is 4.53. The molecular formula is C13H14ClNO2. The first-order valence-electron chi connectivity index (χ1n) is 5.55. The molecule has 0 aliphatic carbocycles. The molecule has 0 saturated carbocycles. The van der Waals surface area contributed by atoms with E-state index in [4.69, 9.17) is 16.7 Å². The van der Waals surface area contributed by atoms with E-state index in [0.29, 0.717) is 5.02 Å². The van der Waals surface area contributed by atoms with Crippen LogP contribution in [0.25, 0.3) is 10.9 Å². The lowest BCUT2D eigenvalue weighted by molar-refractivity contribution is -0.138. The van der Waals surface area contributed by atoms with E-state index in [-0.39, 0.29) is 0 Å². The quantitative estimate of drug-likeness (QED) is 0.907. The topological polar surface area (TPSA) is 42.2 Å². The summed E-state index contributed by atoms with van der Waals surface area (Å²) < 4.78 is 2.04. The molecule has 1 N–H and O–H groups in total. The number of rotatable bonds is 3. The summed E-state index contributed by atoms with van der Waals surface area (Å²) in [6.07, 6.45) is 1.90. The summed E-state index contributed by atoms with van der Waals surface area (Å²) in [5.41, 5.74) is 1.84. The molecule has 17 heavy (non-hydrogen) atoms. The van der Waals surface area contributed by atoms with Gasteiger partial charge in [-0.1, -0.05) is 11.6 Å². The van der Waals surface area contributed by atoms with Gasteiger partial charge in [-0.25, -0.2) is 0 Å². The number of hydrogen-bond acceptors (Lipinski definition) is 1. The van der Waals surface area contributed by atoms with Gasteiger partial charge in [-0.05, 0) is 37.6 Å². The molecule has 1 atom stereocenters. The van der Waals surface area contributed by atoms with Crippen molar-refractivity contribution in [3.05, 3.63) is 35.0 Å². The fourth-order valence-electron chi connectivity index (χ4n) is 2.04. The first-order valence-corrected chi connectivity index (χ1v) is 5.93. The molecule has 1 aromatic carbocycles. The van der Waals surface area contributed by atoms with Gasteiger partial charge in [0, 0.05) is 28.7 Å². The highest BCUT2D eigenvalue weighted by Crippen LogP contribution is 2.30. The summed E-state index contributed by atoms with van der Waals surface area (Å²) in [5.74, 6) is -1.34. The molecule has 2 rings (SSSR count). The van der Waals surface area contributed by atoms with Gasteiger partial charge in [-0.3, -0.25) is 4.79 Å². The van der Waals surface area contributed by atoms with Gasteiger partial charge >= 0.3 is 5.97 Å². The Bertz CT molecular complexity index is 574. The SMILES string of the molecule is CCn1cc(C(C)C(=O)O)c2cc(Cl)ccc21. The molecule has 3 nitrogen and oxygen atoms in total. The first kappa shape index (κ1) is 12.0. The maximum atomic E-state index is 11.1. The standard InChI is InChI=1S/C13H14ClNO2/c1-3-15-7-11(8(2)13(16)17)10-6-9(14)4-5-12(10)15/h4-8H,3H2,1-2H3,(H,16,17). The lowest BCUT2D eigenvalue weighted by Gasteiger charge is -2.03. The lowest BCUT2D eigenvalue weighted by Crippen LogP contribution is -2.06. The normalized spacial score (nSPS) is 12.9. The Morgan fingerprint density at radius 1 is 1.53 bits per heavy atom. The minimum atomic E-state index is -0.819. The van der Waals surface area contributed by atoms with Crippen LogP contribution in [0.5, 0.6) is 0 Å². The van der Waals surface area contributed by atoms with Crippen molar-refractivity contribution in [2.75, 3.05) is 0 Å². The van der Waals surface area contributed by atoms with E-state index in [2.05, 4.69) is 0 Å². The molecule has 0 saturated heterocycles. The minimum absolute atomic E-state index is 0.524. The van der Waals surface area contributed by atoms with Crippen molar-refractivity contribution in [3.8, 4) is 0 Å². The van der Waals surface area contributed by atoms with Gasteiger partial charge in [0.2, 0.25) is 0 Å². The van der Waals surface area contributed by atoms with Gasteiger partial charge in [-0.2, -0.15) is 0 Å². The second-order valence-electron chi connectivity index (χ2n) is 4.09. The maximum Gasteiger partial charge on any atom is 0.310 e. The molecule has 90 valence electrons. The second-order valence-corrected chi connectivity index (χ2v) is 4.53. The van der Waals surface area contributed by atoms with Crippen LogP contribution < -0.4 is 0 Å². The number of aryl methyl sites for hydroxylation is 1. The largest absolute Gasteiger partial charge is 0.481 e. The Balaban J connectivity index is 2.70. The first-order chi connectivity index (χ1) is 8.04. The molecule has 0 aliphatic heterocycles. The summed E-state index contributed by atoms with van der Waals surface area (Å²) in [6, 6.07) is 5.59. The van der Waals surface area contributed by atoms with Crippen LogP contribution in [0.1, 0.15) is 25.3 Å². The number of carboxylic acids is 1. The average Bonchev–Trinajstić information content (AvgIpc) is 2.65. The molecule has 1 heterocycles. The van der Waals surface area contributed by atoms with Crippen LogP contribution in [0.2, 0.25) is 5.02 Å². The van der Waals surface area contributed by atoms with Crippen LogP contribution in [-0.4, -0.2) is 15.6 Å². The Hall–Kier alpha value is -1.48. The minimum Gasteiger partial charge on any atom is -0.481 e. The van der Waals surface area contributed by atoms with Crippen molar-refractivity contribution in [1.82, 2.24) is 4.57 Å². The third-order valence-corrected chi connectivity index (χ3v) is 3.29. The smallest absolute Gasteiger partial charge is 0.310 e. The average molecular weight is 252 g/mol. The van der Waals surface area contributed by atoms with Crippen LogP contribution in [-0.2, 0) is 11.3 Å². The lowest BCUT2D eigenvalue weighted by atomic mass is 10.0. The number of nitrogens with zero attached hydrogens (tertiary/aromatic N) is 1. The van der Waals surface area contributed by atoms with Crippen molar-refractivity contribution < 1.29 is 9.90 Å². The molecule has 0 bridgehead atoms.